The van der Waals surface area contributed by atoms with Gasteiger partial charge in [-0.1, -0.05) is 6.42 Å². The van der Waals surface area contributed by atoms with E-state index in [9.17, 15) is 14.4 Å². The van der Waals surface area contributed by atoms with Crippen LogP contribution in [-0.2, 0) is 9.59 Å². The van der Waals surface area contributed by atoms with Crippen LogP contribution in [0.3, 0.4) is 0 Å². The minimum atomic E-state index is -0.701. The van der Waals surface area contributed by atoms with Crippen LogP contribution in [0.25, 0.3) is 0 Å². The lowest BCUT2D eigenvalue weighted by molar-refractivity contribution is -0.137. The van der Waals surface area contributed by atoms with E-state index in [2.05, 4.69) is 10.6 Å². The Morgan fingerprint density at radius 1 is 1.40 bits per heavy atom. The predicted molar refractivity (Wildman–Crippen MR) is 77.6 cm³/mol. The Morgan fingerprint density at radius 3 is 2.85 bits per heavy atom. The monoisotopic (exact) mass is 299 g/mol. The van der Waals surface area contributed by atoms with Crippen molar-refractivity contribution in [2.24, 2.45) is 5.73 Å². The van der Waals surface area contributed by atoms with Crippen LogP contribution >= 0.6 is 11.8 Å². The first-order chi connectivity index (χ1) is 9.49. The standard InChI is InChI=1S/C13H21N3O3S/c1-7(14)12(18)9(17)4-2-3-5-10-11-8(6-20-10)15-13(19)16-11/h7-8,10-11H,2-6,14H2,1H3,(H2,15,16,19)/t7-,8-,10-,11-/m0/s1. The maximum Gasteiger partial charge on any atom is 0.315 e. The zero-order valence-electron chi connectivity index (χ0n) is 11.6. The largest absolute Gasteiger partial charge is 0.332 e. The lowest BCUT2D eigenvalue weighted by atomic mass is 10.0. The van der Waals surface area contributed by atoms with E-state index in [-0.39, 0.29) is 30.3 Å². The average molecular weight is 299 g/mol. The topological polar surface area (TPSA) is 101 Å². The number of carbonyl (C=O) groups is 3. The molecule has 0 radical (unpaired) electrons. The maximum atomic E-state index is 11.5. The van der Waals surface area contributed by atoms with Crippen LogP contribution in [-0.4, -0.2) is 46.7 Å². The molecule has 0 unspecified atom stereocenters. The van der Waals surface area contributed by atoms with Gasteiger partial charge >= 0.3 is 6.03 Å². The van der Waals surface area contributed by atoms with E-state index in [0.29, 0.717) is 11.7 Å². The van der Waals surface area contributed by atoms with Crippen LogP contribution in [0.5, 0.6) is 0 Å². The van der Waals surface area contributed by atoms with Crippen molar-refractivity contribution in [1.82, 2.24) is 10.6 Å². The molecular weight excluding hydrogens is 278 g/mol. The van der Waals surface area contributed by atoms with Crippen LogP contribution in [0.15, 0.2) is 0 Å². The van der Waals surface area contributed by atoms with Crippen molar-refractivity contribution in [2.45, 2.75) is 56.0 Å². The quantitative estimate of drug-likeness (QED) is 0.354. The molecule has 4 atom stereocenters. The molecule has 0 aliphatic carbocycles. The van der Waals surface area contributed by atoms with Gasteiger partial charge in [-0.3, -0.25) is 9.59 Å². The summed E-state index contributed by atoms with van der Waals surface area (Å²) in [5, 5.41) is 6.24. The predicted octanol–water partition coefficient (Wildman–Crippen LogP) is 0.198. The third-order valence-corrected chi connectivity index (χ3v) is 5.28. The summed E-state index contributed by atoms with van der Waals surface area (Å²) in [5.41, 5.74) is 5.39. The second-order valence-corrected chi connectivity index (χ2v) is 6.72. The van der Waals surface area contributed by atoms with Gasteiger partial charge in [-0.05, 0) is 19.8 Å². The van der Waals surface area contributed by atoms with Gasteiger partial charge in [0.1, 0.15) is 0 Å². The number of amides is 2. The number of nitrogens with two attached hydrogens (primary N) is 1. The Bertz CT molecular complexity index is 414. The van der Waals surface area contributed by atoms with Crippen molar-refractivity contribution in [2.75, 3.05) is 5.75 Å². The van der Waals surface area contributed by atoms with Gasteiger partial charge in [0.05, 0.1) is 18.1 Å². The zero-order chi connectivity index (χ0) is 14.7. The molecule has 20 heavy (non-hydrogen) atoms. The summed E-state index contributed by atoms with van der Waals surface area (Å²) in [4.78, 5) is 34.1. The van der Waals surface area contributed by atoms with E-state index in [1.165, 1.54) is 6.92 Å². The van der Waals surface area contributed by atoms with E-state index in [1.807, 2.05) is 11.8 Å². The first-order valence-electron chi connectivity index (χ1n) is 7.00. The second kappa shape index (κ2) is 6.58. The number of urea groups is 1. The number of rotatable bonds is 7. The van der Waals surface area contributed by atoms with Gasteiger partial charge in [0.2, 0.25) is 5.78 Å². The van der Waals surface area contributed by atoms with E-state index in [0.717, 1.165) is 18.6 Å². The van der Waals surface area contributed by atoms with Crippen molar-refractivity contribution in [1.29, 1.82) is 0 Å². The molecule has 4 N–H and O–H groups in total. The SMILES string of the molecule is C[C@H](N)C(=O)C(=O)CCCC[C@@H]1SC[C@@H]2NC(=O)N[C@@H]21. The lowest BCUT2D eigenvalue weighted by Gasteiger charge is -2.16. The number of thioether (sulfide) groups is 1. The molecule has 0 bridgehead atoms. The smallest absolute Gasteiger partial charge is 0.315 e. The molecule has 2 amide bonds. The summed E-state index contributed by atoms with van der Waals surface area (Å²) in [5.74, 6) is 0.0938. The highest BCUT2D eigenvalue weighted by Crippen LogP contribution is 2.33. The second-order valence-electron chi connectivity index (χ2n) is 5.44. The van der Waals surface area contributed by atoms with E-state index in [1.54, 1.807) is 0 Å². The lowest BCUT2D eigenvalue weighted by Crippen LogP contribution is -2.36. The maximum absolute atomic E-state index is 11.5. The Balaban J connectivity index is 1.66. The van der Waals surface area contributed by atoms with Crippen LogP contribution in [0.2, 0.25) is 0 Å². The number of hydrogen-bond acceptors (Lipinski definition) is 5. The Labute approximate surface area is 122 Å². The van der Waals surface area contributed by atoms with Crippen molar-refractivity contribution < 1.29 is 14.4 Å². The molecule has 112 valence electrons. The summed E-state index contributed by atoms with van der Waals surface area (Å²) in [6, 6.07) is -0.343. The highest BCUT2D eigenvalue weighted by Gasteiger charge is 2.42. The van der Waals surface area contributed by atoms with E-state index in [4.69, 9.17) is 5.73 Å². The number of Topliss-reactive ketones (excluding diaryl/α,β-unsaturated/α-hetero) is 2. The van der Waals surface area contributed by atoms with Crippen molar-refractivity contribution in [3.05, 3.63) is 0 Å². The molecule has 6 nitrogen and oxygen atoms in total. The minimum Gasteiger partial charge on any atom is -0.332 e. The molecule has 2 aliphatic rings. The zero-order valence-corrected chi connectivity index (χ0v) is 12.4. The average Bonchev–Trinajstić information content (AvgIpc) is 2.93. The molecule has 2 saturated heterocycles. The van der Waals surface area contributed by atoms with Crippen molar-refractivity contribution in [3.63, 3.8) is 0 Å². The number of carbonyl (C=O) groups excluding carboxylic acids is 3. The fourth-order valence-electron chi connectivity index (χ4n) is 2.65. The van der Waals surface area contributed by atoms with Crippen LogP contribution in [0.1, 0.15) is 32.6 Å². The van der Waals surface area contributed by atoms with Gasteiger partial charge in [0, 0.05) is 17.4 Å². The van der Waals surface area contributed by atoms with E-state index >= 15 is 0 Å². The molecule has 7 heteroatoms. The molecule has 0 aromatic carbocycles. The van der Waals surface area contributed by atoms with Crippen LogP contribution in [0.4, 0.5) is 4.79 Å². The van der Waals surface area contributed by atoms with Gasteiger partial charge in [-0.25, -0.2) is 4.79 Å². The Kier molecular flexibility index (Phi) is 5.04. The number of unbranched alkanes of at least 4 members (excludes halogenated alkanes) is 1. The van der Waals surface area contributed by atoms with Crippen molar-refractivity contribution >= 4 is 29.4 Å². The summed E-state index contributed by atoms with van der Waals surface area (Å²) in [6.07, 6.45) is 2.81. The molecule has 0 saturated carbocycles. The third kappa shape index (κ3) is 3.52. The molecule has 0 aromatic rings. The first kappa shape index (κ1) is 15.3. The minimum absolute atomic E-state index is 0.0805. The third-order valence-electron chi connectivity index (χ3n) is 3.77. The fourth-order valence-corrected chi connectivity index (χ4v) is 4.19. The van der Waals surface area contributed by atoms with Gasteiger partial charge < -0.3 is 16.4 Å². The van der Waals surface area contributed by atoms with Crippen LogP contribution in [0, 0.1) is 0 Å². The van der Waals surface area contributed by atoms with Gasteiger partial charge in [-0.15, -0.1) is 0 Å². The fraction of sp³-hybridized carbons (Fsp3) is 0.769. The number of hydrogen-bond donors (Lipinski definition) is 3. The summed E-state index contributed by atoms with van der Waals surface area (Å²) >= 11 is 1.86. The molecule has 2 heterocycles. The van der Waals surface area contributed by atoms with Gasteiger partial charge in [0.15, 0.2) is 5.78 Å². The highest BCUT2D eigenvalue weighted by atomic mass is 32.2. The molecule has 0 aromatic heterocycles. The molecule has 2 fully saturated rings. The normalized spacial score (nSPS) is 29.5. The summed E-state index contributed by atoms with van der Waals surface area (Å²) in [7, 11) is 0. The highest BCUT2D eigenvalue weighted by molar-refractivity contribution is 8.00. The Hall–Kier alpha value is -1.08. The molecule has 2 rings (SSSR count). The number of fused-ring (bicyclic) bond motifs is 1. The van der Waals surface area contributed by atoms with Crippen molar-refractivity contribution in [3.8, 4) is 0 Å². The van der Waals surface area contributed by atoms with E-state index < -0.39 is 11.8 Å². The van der Waals surface area contributed by atoms with Crippen LogP contribution < -0.4 is 16.4 Å². The molecule has 0 spiro atoms. The first-order valence-corrected chi connectivity index (χ1v) is 8.05. The molecular formula is C13H21N3O3S. The summed E-state index contributed by atoms with van der Waals surface area (Å²) in [6.45, 7) is 1.53. The Morgan fingerprint density at radius 2 is 2.15 bits per heavy atom. The number of ketones is 2. The van der Waals surface area contributed by atoms with Gasteiger partial charge in [0.25, 0.3) is 0 Å². The number of nitrogens with one attached hydrogen (secondary N) is 2. The molecule has 2 aliphatic heterocycles. The summed E-state index contributed by atoms with van der Waals surface area (Å²) < 4.78 is 0. The van der Waals surface area contributed by atoms with Gasteiger partial charge in [-0.2, -0.15) is 11.8 Å².